The van der Waals surface area contributed by atoms with Gasteiger partial charge in [-0.05, 0) is 24.3 Å². The van der Waals surface area contributed by atoms with Gasteiger partial charge in [-0.25, -0.2) is 4.79 Å². The average molecular weight is 419 g/mol. The predicted octanol–water partition coefficient (Wildman–Crippen LogP) is -0.402. The molecule has 0 radical (unpaired) electrons. The largest absolute Gasteiger partial charge is 0.484 e. The van der Waals surface area contributed by atoms with Crippen molar-refractivity contribution in [3.05, 3.63) is 35.5 Å². The van der Waals surface area contributed by atoms with Gasteiger partial charge >= 0.3 is 5.97 Å². The minimum Gasteiger partial charge on any atom is -0.484 e. The number of amides is 2. The number of morpholine rings is 1. The number of benzene rings is 1. The Hall–Kier alpha value is -3.11. The molecule has 0 spiro atoms. The molecule has 10 nitrogen and oxygen atoms in total. The molecule has 3 rings (SSSR count). The van der Waals surface area contributed by atoms with Gasteiger partial charge < -0.3 is 34.4 Å². The number of aliphatic hydroxyl groups excluding tert-OH is 1. The minimum absolute atomic E-state index is 0.0687. The molecule has 10 heteroatoms. The zero-order chi connectivity index (χ0) is 21.5. The smallest absolute Gasteiger partial charge is 0.337 e. The van der Waals surface area contributed by atoms with Gasteiger partial charge in [0.25, 0.3) is 11.8 Å². The molecule has 0 aliphatic carbocycles. The number of rotatable bonds is 8. The molecule has 2 amide bonds. The van der Waals surface area contributed by atoms with Crippen LogP contribution in [-0.4, -0.2) is 92.4 Å². The number of hydrogen-bond acceptors (Lipinski definition) is 8. The molecule has 0 bridgehead atoms. The van der Waals surface area contributed by atoms with E-state index in [9.17, 15) is 14.4 Å². The van der Waals surface area contributed by atoms with Gasteiger partial charge in [0, 0.05) is 25.3 Å². The number of ether oxygens (including phenoxy) is 3. The van der Waals surface area contributed by atoms with Gasteiger partial charge in [-0.2, -0.15) is 0 Å². The Balaban J connectivity index is 1.61. The van der Waals surface area contributed by atoms with Crippen molar-refractivity contribution < 1.29 is 33.7 Å². The standard InChI is InChI=1S/C20H25N3O7/c1-28-20(27)16-12-23(6-9-24)19(26)18(16)21-14-2-4-15(5-3-14)30-13-17(25)22-7-10-29-11-8-22/h2-5,21,24H,6-13H2,1H3. The molecule has 30 heavy (non-hydrogen) atoms. The predicted molar refractivity (Wildman–Crippen MR) is 106 cm³/mol. The molecule has 1 saturated heterocycles. The van der Waals surface area contributed by atoms with E-state index in [2.05, 4.69) is 5.32 Å². The number of β-amino-alcohol motifs (C(OH)–C–C–N with tert-alkyl or cyclic N) is 1. The van der Waals surface area contributed by atoms with Crippen LogP contribution in [0.5, 0.6) is 5.75 Å². The first-order valence-corrected chi connectivity index (χ1v) is 9.60. The first-order valence-electron chi connectivity index (χ1n) is 9.60. The Bertz CT molecular complexity index is 816. The van der Waals surface area contributed by atoms with E-state index in [1.165, 1.54) is 12.0 Å². The van der Waals surface area contributed by atoms with E-state index in [1.807, 2.05) is 0 Å². The SMILES string of the molecule is COC(=O)C1=C(Nc2ccc(OCC(=O)N3CCOCC3)cc2)C(=O)N(CCO)C1. The van der Waals surface area contributed by atoms with Crippen LogP contribution in [0.3, 0.4) is 0 Å². The molecule has 2 N–H and O–H groups in total. The normalized spacial score (nSPS) is 16.7. The second kappa shape index (κ2) is 10.1. The number of nitrogens with one attached hydrogen (secondary N) is 1. The Morgan fingerprint density at radius 3 is 2.53 bits per heavy atom. The average Bonchev–Trinajstić information content (AvgIpc) is 3.08. The number of carbonyl (C=O) groups excluding carboxylic acids is 3. The summed E-state index contributed by atoms with van der Waals surface area (Å²) in [5.41, 5.74) is 0.885. The second-order valence-corrected chi connectivity index (χ2v) is 6.73. The number of esters is 1. The highest BCUT2D eigenvalue weighted by Gasteiger charge is 2.34. The number of aliphatic hydroxyl groups is 1. The summed E-state index contributed by atoms with van der Waals surface area (Å²) in [5, 5.41) is 12.1. The van der Waals surface area contributed by atoms with Crippen molar-refractivity contribution in [1.82, 2.24) is 9.80 Å². The lowest BCUT2D eigenvalue weighted by Gasteiger charge is -2.26. The summed E-state index contributed by atoms with van der Waals surface area (Å²) in [5.74, 6) is -0.591. The fraction of sp³-hybridized carbons (Fsp3) is 0.450. The van der Waals surface area contributed by atoms with Gasteiger partial charge in [0.05, 0.1) is 39.0 Å². The Kier molecular flexibility index (Phi) is 7.26. The zero-order valence-electron chi connectivity index (χ0n) is 16.8. The van der Waals surface area contributed by atoms with Gasteiger partial charge in [-0.1, -0.05) is 0 Å². The maximum atomic E-state index is 12.5. The summed E-state index contributed by atoms with van der Waals surface area (Å²) in [6.07, 6.45) is 0. The Morgan fingerprint density at radius 1 is 1.20 bits per heavy atom. The third kappa shape index (κ3) is 5.08. The van der Waals surface area contributed by atoms with Crippen LogP contribution in [0.1, 0.15) is 0 Å². The maximum Gasteiger partial charge on any atom is 0.337 e. The number of hydrogen-bond donors (Lipinski definition) is 2. The molecule has 2 aliphatic heterocycles. The van der Waals surface area contributed by atoms with Crippen molar-refractivity contribution in [2.45, 2.75) is 0 Å². The van der Waals surface area contributed by atoms with Crippen LogP contribution in [0.4, 0.5) is 5.69 Å². The lowest BCUT2D eigenvalue weighted by molar-refractivity contribution is -0.137. The fourth-order valence-electron chi connectivity index (χ4n) is 3.18. The highest BCUT2D eigenvalue weighted by Crippen LogP contribution is 2.24. The van der Waals surface area contributed by atoms with Gasteiger partial charge in [-0.15, -0.1) is 0 Å². The van der Waals surface area contributed by atoms with Crippen LogP contribution in [-0.2, 0) is 23.9 Å². The van der Waals surface area contributed by atoms with E-state index >= 15 is 0 Å². The van der Waals surface area contributed by atoms with Crippen molar-refractivity contribution >= 4 is 23.5 Å². The molecule has 2 aliphatic rings. The van der Waals surface area contributed by atoms with Crippen LogP contribution in [0.2, 0.25) is 0 Å². The van der Waals surface area contributed by atoms with Gasteiger partial charge in [-0.3, -0.25) is 9.59 Å². The quantitative estimate of drug-likeness (QED) is 0.547. The summed E-state index contributed by atoms with van der Waals surface area (Å²) < 4.78 is 15.5. The zero-order valence-corrected chi connectivity index (χ0v) is 16.8. The van der Waals surface area contributed by atoms with Crippen LogP contribution in [0.15, 0.2) is 35.5 Å². The highest BCUT2D eigenvalue weighted by molar-refractivity contribution is 6.08. The van der Waals surface area contributed by atoms with Crippen molar-refractivity contribution in [1.29, 1.82) is 0 Å². The number of carbonyl (C=O) groups is 3. The second-order valence-electron chi connectivity index (χ2n) is 6.73. The molecule has 0 aromatic heterocycles. The van der Waals surface area contributed by atoms with E-state index in [4.69, 9.17) is 19.3 Å². The molecule has 2 heterocycles. The molecular formula is C20H25N3O7. The Morgan fingerprint density at radius 2 is 1.90 bits per heavy atom. The van der Waals surface area contributed by atoms with Gasteiger partial charge in [0.15, 0.2) is 6.61 Å². The summed E-state index contributed by atoms with van der Waals surface area (Å²) in [6, 6.07) is 6.69. The fourth-order valence-corrected chi connectivity index (χ4v) is 3.18. The molecule has 1 aromatic carbocycles. The molecule has 162 valence electrons. The number of nitrogens with zero attached hydrogens (tertiary/aromatic N) is 2. The van der Waals surface area contributed by atoms with Crippen molar-refractivity contribution in [2.24, 2.45) is 0 Å². The molecular weight excluding hydrogens is 394 g/mol. The lowest BCUT2D eigenvalue weighted by atomic mass is 10.2. The molecule has 0 unspecified atom stereocenters. The molecule has 1 aromatic rings. The van der Waals surface area contributed by atoms with E-state index in [0.29, 0.717) is 37.7 Å². The van der Waals surface area contributed by atoms with Gasteiger partial charge in [0.1, 0.15) is 11.4 Å². The van der Waals surface area contributed by atoms with E-state index < -0.39 is 5.97 Å². The first kappa shape index (κ1) is 21.6. The van der Waals surface area contributed by atoms with Crippen molar-refractivity contribution in [3.8, 4) is 5.75 Å². The first-order chi connectivity index (χ1) is 14.5. The highest BCUT2D eigenvalue weighted by atomic mass is 16.5. The van der Waals surface area contributed by atoms with Crippen molar-refractivity contribution in [3.63, 3.8) is 0 Å². The number of methoxy groups -OCH3 is 1. The number of anilines is 1. The third-order valence-electron chi connectivity index (χ3n) is 4.80. The lowest BCUT2D eigenvalue weighted by Crippen LogP contribution is -2.42. The summed E-state index contributed by atoms with van der Waals surface area (Å²) >= 11 is 0. The van der Waals surface area contributed by atoms with E-state index in [-0.39, 0.29) is 49.4 Å². The third-order valence-corrected chi connectivity index (χ3v) is 4.80. The van der Waals surface area contributed by atoms with Crippen LogP contribution in [0.25, 0.3) is 0 Å². The summed E-state index contributed by atoms with van der Waals surface area (Å²) in [4.78, 5) is 39.8. The van der Waals surface area contributed by atoms with Gasteiger partial charge in [0.2, 0.25) is 0 Å². The topological polar surface area (TPSA) is 118 Å². The van der Waals surface area contributed by atoms with Crippen LogP contribution >= 0.6 is 0 Å². The monoisotopic (exact) mass is 419 g/mol. The van der Waals surface area contributed by atoms with Crippen molar-refractivity contribution in [2.75, 3.05) is 65.0 Å². The van der Waals surface area contributed by atoms with Crippen LogP contribution in [0, 0.1) is 0 Å². The van der Waals surface area contributed by atoms with Crippen LogP contribution < -0.4 is 10.1 Å². The Labute approximate surface area is 174 Å². The minimum atomic E-state index is -0.604. The summed E-state index contributed by atoms with van der Waals surface area (Å²) in [6.45, 7) is 2.09. The molecule has 0 saturated carbocycles. The molecule has 1 fully saturated rings. The van der Waals surface area contributed by atoms with E-state index in [0.717, 1.165) is 0 Å². The van der Waals surface area contributed by atoms with E-state index in [1.54, 1.807) is 29.2 Å². The maximum absolute atomic E-state index is 12.5. The molecule has 0 atom stereocenters. The summed E-state index contributed by atoms with van der Waals surface area (Å²) in [7, 11) is 1.25.